The van der Waals surface area contributed by atoms with Gasteiger partial charge in [-0.1, -0.05) is 43.3 Å². The van der Waals surface area contributed by atoms with E-state index in [1.165, 1.54) is 0 Å². The Morgan fingerprint density at radius 2 is 1.72 bits per heavy atom. The van der Waals surface area contributed by atoms with Gasteiger partial charge in [0.1, 0.15) is 11.8 Å². The van der Waals surface area contributed by atoms with Crippen LogP contribution in [0.15, 0.2) is 48.5 Å². The summed E-state index contributed by atoms with van der Waals surface area (Å²) >= 11 is 0. The molecule has 0 aliphatic heterocycles. The lowest BCUT2D eigenvalue weighted by Gasteiger charge is -2.30. The molecule has 2 atom stereocenters. The van der Waals surface area contributed by atoms with E-state index in [1.807, 2.05) is 69.3 Å². The molecule has 2 unspecified atom stereocenters. The minimum atomic E-state index is -0.561. The van der Waals surface area contributed by atoms with E-state index < -0.39 is 6.04 Å². The summed E-state index contributed by atoms with van der Waals surface area (Å²) < 4.78 is 5.18. The fourth-order valence-electron chi connectivity index (χ4n) is 3.04. The standard InChI is InChI=1S/C24H32N2O3/c1-6-18(3)25-24(28)19(4)26(16-21-10-8-7-9-17(21)2)23(27)15-20-11-13-22(29-5)14-12-20/h7-14,18-19H,6,15-16H2,1-5H3,(H,25,28). The number of hydrogen-bond acceptors (Lipinski definition) is 3. The Kier molecular flexibility index (Phi) is 8.25. The molecule has 0 saturated carbocycles. The molecular weight excluding hydrogens is 364 g/mol. The van der Waals surface area contributed by atoms with Gasteiger partial charge in [-0.05, 0) is 56.0 Å². The first-order valence-electron chi connectivity index (χ1n) is 10.1. The molecule has 0 fully saturated rings. The molecule has 2 amide bonds. The van der Waals surface area contributed by atoms with Gasteiger partial charge < -0.3 is 15.0 Å². The zero-order valence-electron chi connectivity index (χ0n) is 18.1. The first kappa shape index (κ1) is 22.5. The predicted octanol–water partition coefficient (Wildman–Crippen LogP) is 3.88. The average Bonchev–Trinajstić information content (AvgIpc) is 2.72. The normalized spacial score (nSPS) is 12.7. The van der Waals surface area contributed by atoms with E-state index in [0.29, 0.717) is 6.54 Å². The molecule has 0 radical (unpaired) electrons. The van der Waals surface area contributed by atoms with Crippen LogP contribution in [0.5, 0.6) is 5.75 Å². The van der Waals surface area contributed by atoms with Crippen LogP contribution in [-0.2, 0) is 22.6 Å². The van der Waals surface area contributed by atoms with Gasteiger partial charge in [-0.25, -0.2) is 0 Å². The van der Waals surface area contributed by atoms with Crippen molar-refractivity contribution in [3.05, 3.63) is 65.2 Å². The zero-order valence-corrected chi connectivity index (χ0v) is 18.1. The van der Waals surface area contributed by atoms with Crippen LogP contribution in [0.2, 0.25) is 0 Å². The first-order valence-corrected chi connectivity index (χ1v) is 10.1. The van der Waals surface area contributed by atoms with Crippen molar-refractivity contribution >= 4 is 11.8 Å². The molecule has 0 saturated heterocycles. The van der Waals surface area contributed by atoms with Gasteiger partial charge in [-0.3, -0.25) is 9.59 Å². The highest BCUT2D eigenvalue weighted by molar-refractivity contribution is 5.88. The minimum Gasteiger partial charge on any atom is -0.497 e. The maximum absolute atomic E-state index is 13.2. The maximum Gasteiger partial charge on any atom is 0.242 e. The molecule has 0 bridgehead atoms. The van der Waals surface area contributed by atoms with Crippen LogP contribution in [0.25, 0.3) is 0 Å². The van der Waals surface area contributed by atoms with Crippen LogP contribution in [0, 0.1) is 6.92 Å². The smallest absolute Gasteiger partial charge is 0.242 e. The summed E-state index contributed by atoms with van der Waals surface area (Å²) in [7, 11) is 1.61. The zero-order chi connectivity index (χ0) is 21.4. The number of nitrogens with one attached hydrogen (secondary N) is 1. The lowest BCUT2D eigenvalue weighted by Crippen LogP contribution is -2.50. The van der Waals surface area contributed by atoms with E-state index >= 15 is 0 Å². The van der Waals surface area contributed by atoms with Gasteiger partial charge in [0, 0.05) is 12.6 Å². The molecule has 1 N–H and O–H groups in total. The van der Waals surface area contributed by atoms with Crippen molar-refractivity contribution in [3.63, 3.8) is 0 Å². The van der Waals surface area contributed by atoms with E-state index in [9.17, 15) is 9.59 Å². The molecule has 0 aromatic heterocycles. The van der Waals surface area contributed by atoms with Crippen molar-refractivity contribution in [1.82, 2.24) is 10.2 Å². The van der Waals surface area contributed by atoms with Crippen LogP contribution >= 0.6 is 0 Å². The fourth-order valence-corrected chi connectivity index (χ4v) is 3.04. The Balaban J connectivity index is 2.23. The lowest BCUT2D eigenvalue weighted by molar-refractivity contribution is -0.140. The molecule has 0 spiro atoms. The van der Waals surface area contributed by atoms with Crippen molar-refractivity contribution in [2.75, 3.05) is 7.11 Å². The van der Waals surface area contributed by atoms with Crippen LogP contribution in [0.4, 0.5) is 0 Å². The molecule has 2 aromatic carbocycles. The van der Waals surface area contributed by atoms with E-state index in [1.54, 1.807) is 18.9 Å². The molecule has 156 valence electrons. The third kappa shape index (κ3) is 6.34. The highest BCUT2D eigenvalue weighted by atomic mass is 16.5. The third-order valence-corrected chi connectivity index (χ3v) is 5.28. The summed E-state index contributed by atoms with van der Waals surface area (Å²) in [6.45, 7) is 8.20. The minimum absolute atomic E-state index is 0.0713. The number of aryl methyl sites for hydroxylation is 1. The Morgan fingerprint density at radius 3 is 2.31 bits per heavy atom. The molecule has 0 aliphatic rings. The van der Waals surface area contributed by atoms with E-state index in [2.05, 4.69) is 5.32 Å². The number of amides is 2. The summed E-state index contributed by atoms with van der Waals surface area (Å²) in [4.78, 5) is 27.6. The number of carbonyl (C=O) groups excluding carboxylic acids is 2. The van der Waals surface area contributed by atoms with Crippen molar-refractivity contribution in [2.24, 2.45) is 0 Å². The molecule has 29 heavy (non-hydrogen) atoms. The summed E-state index contributed by atoms with van der Waals surface area (Å²) in [6.07, 6.45) is 1.08. The Morgan fingerprint density at radius 1 is 1.07 bits per heavy atom. The molecule has 2 aromatic rings. The number of rotatable bonds is 9. The quantitative estimate of drug-likeness (QED) is 0.700. The average molecular weight is 397 g/mol. The highest BCUT2D eigenvalue weighted by Crippen LogP contribution is 2.17. The Hall–Kier alpha value is -2.82. The first-order chi connectivity index (χ1) is 13.8. The Bertz CT molecular complexity index is 817. The molecule has 0 heterocycles. The summed E-state index contributed by atoms with van der Waals surface area (Å²) in [5.74, 6) is 0.542. The second kappa shape index (κ2) is 10.6. The SMILES string of the molecule is CCC(C)NC(=O)C(C)N(Cc1ccccc1C)C(=O)Cc1ccc(OC)cc1. The van der Waals surface area contributed by atoms with Gasteiger partial charge in [0.05, 0.1) is 13.5 Å². The van der Waals surface area contributed by atoms with E-state index in [-0.39, 0.29) is 24.3 Å². The van der Waals surface area contributed by atoms with Crippen molar-refractivity contribution in [3.8, 4) is 5.75 Å². The molecule has 2 rings (SSSR count). The monoisotopic (exact) mass is 396 g/mol. The molecule has 5 nitrogen and oxygen atoms in total. The number of methoxy groups -OCH3 is 1. The van der Waals surface area contributed by atoms with Gasteiger partial charge in [0.25, 0.3) is 0 Å². The second-order valence-electron chi connectivity index (χ2n) is 7.47. The second-order valence-corrected chi connectivity index (χ2v) is 7.47. The molecule has 5 heteroatoms. The largest absolute Gasteiger partial charge is 0.497 e. The number of hydrogen-bond donors (Lipinski definition) is 1. The highest BCUT2D eigenvalue weighted by Gasteiger charge is 2.27. The summed E-state index contributed by atoms with van der Waals surface area (Å²) in [5, 5.41) is 2.99. The van der Waals surface area contributed by atoms with Crippen LogP contribution in [0.1, 0.15) is 43.9 Å². The van der Waals surface area contributed by atoms with E-state index in [0.717, 1.165) is 28.9 Å². The van der Waals surface area contributed by atoms with Gasteiger partial charge in [0.2, 0.25) is 11.8 Å². The number of benzene rings is 2. The number of carbonyl (C=O) groups is 2. The van der Waals surface area contributed by atoms with Crippen LogP contribution in [-0.4, -0.2) is 35.9 Å². The fraction of sp³-hybridized carbons (Fsp3) is 0.417. The van der Waals surface area contributed by atoms with Gasteiger partial charge in [-0.2, -0.15) is 0 Å². The Labute approximate surface area is 174 Å². The van der Waals surface area contributed by atoms with E-state index in [4.69, 9.17) is 4.74 Å². The predicted molar refractivity (Wildman–Crippen MR) is 116 cm³/mol. The van der Waals surface area contributed by atoms with Gasteiger partial charge in [0.15, 0.2) is 0 Å². The van der Waals surface area contributed by atoms with Crippen LogP contribution < -0.4 is 10.1 Å². The van der Waals surface area contributed by atoms with Crippen molar-refractivity contribution in [1.29, 1.82) is 0 Å². The maximum atomic E-state index is 13.2. The van der Waals surface area contributed by atoms with Crippen molar-refractivity contribution < 1.29 is 14.3 Å². The summed E-state index contributed by atoms with van der Waals surface area (Å²) in [5.41, 5.74) is 3.03. The summed E-state index contributed by atoms with van der Waals surface area (Å²) in [6, 6.07) is 14.9. The van der Waals surface area contributed by atoms with Crippen LogP contribution in [0.3, 0.4) is 0 Å². The number of ether oxygens (including phenoxy) is 1. The molecular formula is C24H32N2O3. The third-order valence-electron chi connectivity index (χ3n) is 5.28. The van der Waals surface area contributed by atoms with Crippen molar-refractivity contribution in [2.45, 2.75) is 59.2 Å². The number of nitrogens with zero attached hydrogens (tertiary/aromatic N) is 1. The molecule has 0 aliphatic carbocycles. The lowest BCUT2D eigenvalue weighted by atomic mass is 10.1. The van der Waals surface area contributed by atoms with Gasteiger partial charge >= 0.3 is 0 Å². The topological polar surface area (TPSA) is 58.6 Å². The van der Waals surface area contributed by atoms with Gasteiger partial charge in [-0.15, -0.1) is 0 Å².